The van der Waals surface area contributed by atoms with E-state index in [1.54, 1.807) is 7.11 Å². The minimum atomic E-state index is 0.797. The third kappa shape index (κ3) is 2.88. The number of hydrogen-bond donors (Lipinski definition) is 1. The molecule has 0 aromatic heterocycles. The van der Waals surface area contributed by atoms with E-state index in [0.29, 0.717) is 0 Å². The maximum atomic E-state index is 5.68. The second-order valence-electron chi connectivity index (χ2n) is 5.33. The van der Waals surface area contributed by atoms with Crippen molar-refractivity contribution in [3.63, 3.8) is 0 Å². The van der Waals surface area contributed by atoms with E-state index in [0.717, 1.165) is 37.5 Å². The Kier molecular flexibility index (Phi) is 4.11. The van der Waals surface area contributed by atoms with Crippen LogP contribution >= 0.6 is 0 Å². The lowest BCUT2D eigenvalue weighted by molar-refractivity contribution is 0.288. The molecular formula is C18H21NO2. The molecule has 0 saturated heterocycles. The summed E-state index contributed by atoms with van der Waals surface area (Å²) < 4.78 is 11.1. The van der Waals surface area contributed by atoms with Crippen molar-refractivity contribution < 1.29 is 9.47 Å². The fraction of sp³-hybridized carbons (Fsp3) is 0.333. The predicted octanol–water partition coefficient (Wildman–Crippen LogP) is 3.41. The van der Waals surface area contributed by atoms with Gasteiger partial charge in [-0.2, -0.15) is 0 Å². The molecule has 3 heteroatoms. The average Bonchev–Trinajstić information content (AvgIpc) is 2.54. The molecule has 1 heterocycles. The fourth-order valence-corrected chi connectivity index (χ4v) is 2.83. The number of ether oxygens (including phenoxy) is 2. The molecule has 1 aliphatic rings. The molecule has 0 spiro atoms. The molecule has 0 amide bonds. The second kappa shape index (κ2) is 6.19. The number of aryl methyl sites for hydroxylation is 1. The highest BCUT2D eigenvalue weighted by Crippen LogP contribution is 2.32. The molecule has 3 nitrogen and oxygen atoms in total. The molecule has 21 heavy (non-hydrogen) atoms. The van der Waals surface area contributed by atoms with E-state index in [4.69, 9.17) is 9.47 Å². The van der Waals surface area contributed by atoms with Gasteiger partial charge in [0.2, 0.25) is 0 Å². The highest BCUT2D eigenvalue weighted by atomic mass is 16.5. The van der Waals surface area contributed by atoms with E-state index in [1.165, 1.54) is 22.3 Å². The van der Waals surface area contributed by atoms with E-state index < -0.39 is 0 Å². The van der Waals surface area contributed by atoms with Crippen LogP contribution < -0.4 is 14.8 Å². The van der Waals surface area contributed by atoms with Crippen molar-refractivity contribution >= 4 is 0 Å². The average molecular weight is 283 g/mol. The van der Waals surface area contributed by atoms with Gasteiger partial charge in [-0.25, -0.2) is 0 Å². The van der Waals surface area contributed by atoms with Crippen molar-refractivity contribution in [3.8, 4) is 22.6 Å². The minimum Gasteiger partial charge on any atom is -0.496 e. The van der Waals surface area contributed by atoms with Crippen LogP contribution in [0.3, 0.4) is 0 Å². The van der Waals surface area contributed by atoms with Gasteiger partial charge in [0.1, 0.15) is 11.5 Å². The zero-order chi connectivity index (χ0) is 14.7. The Labute approximate surface area is 125 Å². The van der Waals surface area contributed by atoms with Gasteiger partial charge in [-0.1, -0.05) is 12.1 Å². The summed E-state index contributed by atoms with van der Waals surface area (Å²) in [6.45, 7) is 1.63. The Morgan fingerprint density at radius 1 is 1.14 bits per heavy atom. The first-order valence-electron chi connectivity index (χ1n) is 7.39. The molecule has 0 bridgehead atoms. The van der Waals surface area contributed by atoms with Gasteiger partial charge in [-0.05, 0) is 60.8 Å². The van der Waals surface area contributed by atoms with Crippen LogP contribution in [0.5, 0.6) is 11.5 Å². The van der Waals surface area contributed by atoms with Crippen molar-refractivity contribution in [2.24, 2.45) is 0 Å². The van der Waals surface area contributed by atoms with E-state index in [-0.39, 0.29) is 0 Å². The molecule has 2 aromatic rings. The van der Waals surface area contributed by atoms with Gasteiger partial charge in [0, 0.05) is 12.1 Å². The molecule has 0 radical (unpaired) electrons. The van der Waals surface area contributed by atoms with Gasteiger partial charge in [-0.15, -0.1) is 0 Å². The lowest BCUT2D eigenvalue weighted by Gasteiger charge is -2.18. The third-order valence-electron chi connectivity index (χ3n) is 3.89. The largest absolute Gasteiger partial charge is 0.496 e. The Balaban J connectivity index is 1.98. The zero-order valence-corrected chi connectivity index (χ0v) is 12.6. The molecule has 0 aliphatic carbocycles. The van der Waals surface area contributed by atoms with E-state index >= 15 is 0 Å². The van der Waals surface area contributed by atoms with Crippen LogP contribution in [0, 0.1) is 0 Å². The van der Waals surface area contributed by atoms with E-state index in [9.17, 15) is 0 Å². The van der Waals surface area contributed by atoms with Gasteiger partial charge in [0.05, 0.1) is 13.7 Å². The Morgan fingerprint density at radius 3 is 2.76 bits per heavy atom. The molecule has 110 valence electrons. The highest BCUT2D eigenvalue weighted by molar-refractivity contribution is 5.68. The number of nitrogens with one attached hydrogen (secondary N) is 1. The number of rotatable bonds is 4. The van der Waals surface area contributed by atoms with Crippen LogP contribution in [0.25, 0.3) is 11.1 Å². The molecule has 1 aliphatic heterocycles. The Hall–Kier alpha value is -2.00. The van der Waals surface area contributed by atoms with Crippen LogP contribution in [0.4, 0.5) is 0 Å². The van der Waals surface area contributed by atoms with Crippen molar-refractivity contribution in [3.05, 3.63) is 47.5 Å². The number of methoxy groups -OCH3 is 1. The molecule has 3 rings (SSSR count). The summed E-state index contributed by atoms with van der Waals surface area (Å²) >= 11 is 0. The van der Waals surface area contributed by atoms with Gasteiger partial charge in [0.25, 0.3) is 0 Å². The molecular weight excluding hydrogens is 262 g/mol. The maximum Gasteiger partial charge on any atom is 0.123 e. The standard InChI is InChI=1S/C18H21NO2/c1-19-12-16-11-14(5-7-17(16)20-2)13-6-8-18-15(10-13)4-3-9-21-18/h5-8,10-11,19H,3-4,9,12H2,1-2H3. The summed E-state index contributed by atoms with van der Waals surface area (Å²) in [5, 5.41) is 3.19. The van der Waals surface area contributed by atoms with Crippen molar-refractivity contribution in [2.45, 2.75) is 19.4 Å². The first-order chi connectivity index (χ1) is 10.3. The quantitative estimate of drug-likeness (QED) is 0.933. The highest BCUT2D eigenvalue weighted by Gasteiger charge is 2.12. The second-order valence-corrected chi connectivity index (χ2v) is 5.33. The normalized spacial score (nSPS) is 13.4. The molecule has 0 saturated carbocycles. The minimum absolute atomic E-state index is 0.797. The van der Waals surface area contributed by atoms with Crippen molar-refractivity contribution in [2.75, 3.05) is 20.8 Å². The van der Waals surface area contributed by atoms with Crippen LogP contribution in [0.2, 0.25) is 0 Å². The van der Waals surface area contributed by atoms with Crippen molar-refractivity contribution in [1.82, 2.24) is 5.32 Å². The summed E-state index contributed by atoms with van der Waals surface area (Å²) in [5.41, 5.74) is 4.94. The summed E-state index contributed by atoms with van der Waals surface area (Å²) in [5.74, 6) is 1.96. The Morgan fingerprint density at radius 2 is 1.95 bits per heavy atom. The maximum absolute atomic E-state index is 5.68. The topological polar surface area (TPSA) is 30.5 Å². The fourth-order valence-electron chi connectivity index (χ4n) is 2.83. The monoisotopic (exact) mass is 283 g/mol. The van der Waals surface area contributed by atoms with Crippen LogP contribution in [0.15, 0.2) is 36.4 Å². The SMILES string of the molecule is CNCc1cc(-c2ccc3c(c2)CCCO3)ccc1OC. The van der Waals surface area contributed by atoms with Gasteiger partial charge in [0.15, 0.2) is 0 Å². The summed E-state index contributed by atoms with van der Waals surface area (Å²) in [6.07, 6.45) is 2.20. The van der Waals surface area contributed by atoms with Gasteiger partial charge < -0.3 is 14.8 Å². The first-order valence-corrected chi connectivity index (χ1v) is 7.39. The first kappa shape index (κ1) is 14.0. The molecule has 2 aromatic carbocycles. The molecule has 0 unspecified atom stereocenters. The number of benzene rings is 2. The van der Waals surface area contributed by atoms with Crippen LogP contribution in [-0.4, -0.2) is 20.8 Å². The smallest absolute Gasteiger partial charge is 0.123 e. The van der Waals surface area contributed by atoms with Crippen LogP contribution in [-0.2, 0) is 13.0 Å². The van der Waals surface area contributed by atoms with E-state index in [1.807, 2.05) is 13.1 Å². The summed E-state index contributed by atoms with van der Waals surface area (Å²) in [7, 11) is 3.66. The third-order valence-corrected chi connectivity index (χ3v) is 3.89. The van der Waals surface area contributed by atoms with E-state index in [2.05, 4.69) is 35.6 Å². The Bertz CT molecular complexity index is 637. The van der Waals surface area contributed by atoms with Gasteiger partial charge in [-0.3, -0.25) is 0 Å². The number of fused-ring (bicyclic) bond motifs is 1. The van der Waals surface area contributed by atoms with Crippen LogP contribution in [0.1, 0.15) is 17.5 Å². The van der Waals surface area contributed by atoms with Gasteiger partial charge >= 0.3 is 0 Å². The molecule has 0 atom stereocenters. The molecule has 1 N–H and O–H groups in total. The summed E-state index contributed by atoms with van der Waals surface area (Å²) in [6, 6.07) is 12.8. The van der Waals surface area contributed by atoms with Crippen molar-refractivity contribution in [1.29, 1.82) is 0 Å². The predicted molar refractivity (Wildman–Crippen MR) is 85.0 cm³/mol. The number of hydrogen-bond acceptors (Lipinski definition) is 3. The zero-order valence-electron chi connectivity index (χ0n) is 12.6. The lowest BCUT2D eigenvalue weighted by atomic mass is 9.97. The molecule has 0 fully saturated rings. The summed E-state index contributed by atoms with van der Waals surface area (Å²) in [4.78, 5) is 0. The lowest BCUT2D eigenvalue weighted by Crippen LogP contribution is -2.08.